The molecule has 5 heteroatoms. The molecule has 0 fully saturated rings. The molecule has 1 aromatic carbocycles. The normalized spacial score (nSPS) is 11.9. The van der Waals surface area contributed by atoms with Crippen LogP contribution >= 0.6 is 0 Å². The van der Waals surface area contributed by atoms with Gasteiger partial charge in [0.2, 0.25) is 0 Å². The van der Waals surface area contributed by atoms with Crippen molar-refractivity contribution in [1.29, 1.82) is 0 Å². The van der Waals surface area contributed by atoms with Gasteiger partial charge in [-0.15, -0.1) is 0 Å². The zero-order chi connectivity index (χ0) is 18.9. The number of ether oxygens (including phenoxy) is 1. The molecule has 5 nitrogen and oxygen atoms in total. The van der Waals surface area contributed by atoms with Crippen LogP contribution in [-0.4, -0.2) is 35.2 Å². The van der Waals surface area contributed by atoms with E-state index >= 15 is 0 Å². The van der Waals surface area contributed by atoms with Crippen LogP contribution in [0.25, 0.3) is 0 Å². The molecular weight excluding hydrogens is 326 g/mol. The van der Waals surface area contributed by atoms with Crippen LogP contribution in [0, 0.1) is 0 Å². The van der Waals surface area contributed by atoms with E-state index in [0.717, 1.165) is 12.2 Å². The third-order valence-corrected chi connectivity index (χ3v) is 4.28. The van der Waals surface area contributed by atoms with E-state index in [1.165, 1.54) is 11.1 Å². The highest BCUT2D eigenvalue weighted by Gasteiger charge is 2.15. The molecule has 0 spiro atoms. The standard InChI is InChI=1S/C21H29N3O2/c1-5-24(15-12-18-10-13-22-14-11-18)21(25)23-17(4)26-20-8-6-19(7-9-20)16(2)3/h6-11,13-14,16-17H,5,12,15H2,1-4H3,(H,23,25). The SMILES string of the molecule is CCN(CCc1ccncc1)C(=O)NC(C)Oc1ccc(C(C)C)cc1. The van der Waals surface area contributed by atoms with E-state index in [9.17, 15) is 4.79 Å². The second kappa shape index (κ2) is 9.80. The van der Waals surface area contributed by atoms with Gasteiger partial charge in [-0.05, 0) is 61.6 Å². The molecule has 1 heterocycles. The van der Waals surface area contributed by atoms with Gasteiger partial charge in [0.1, 0.15) is 5.75 Å². The Hall–Kier alpha value is -2.56. The highest BCUT2D eigenvalue weighted by Crippen LogP contribution is 2.19. The van der Waals surface area contributed by atoms with Crippen LogP contribution in [0.4, 0.5) is 4.79 Å². The number of hydrogen-bond donors (Lipinski definition) is 1. The molecule has 2 rings (SSSR count). The highest BCUT2D eigenvalue weighted by molar-refractivity contribution is 5.74. The lowest BCUT2D eigenvalue weighted by Gasteiger charge is -2.24. The van der Waals surface area contributed by atoms with E-state index < -0.39 is 6.23 Å². The van der Waals surface area contributed by atoms with Crippen LogP contribution in [0.3, 0.4) is 0 Å². The van der Waals surface area contributed by atoms with Crippen LogP contribution < -0.4 is 10.1 Å². The van der Waals surface area contributed by atoms with E-state index in [0.29, 0.717) is 19.0 Å². The minimum Gasteiger partial charge on any atom is -0.471 e. The third kappa shape index (κ3) is 6.06. The molecule has 0 saturated carbocycles. The predicted molar refractivity (Wildman–Crippen MR) is 104 cm³/mol. The first-order chi connectivity index (χ1) is 12.5. The average molecular weight is 355 g/mol. The van der Waals surface area contributed by atoms with Gasteiger partial charge in [0.05, 0.1) is 0 Å². The Morgan fingerprint density at radius 3 is 2.35 bits per heavy atom. The van der Waals surface area contributed by atoms with Gasteiger partial charge in [-0.3, -0.25) is 4.98 Å². The lowest BCUT2D eigenvalue weighted by molar-refractivity contribution is 0.154. The lowest BCUT2D eigenvalue weighted by atomic mass is 10.0. The minimum atomic E-state index is -0.401. The molecule has 2 aromatic rings. The summed E-state index contributed by atoms with van der Waals surface area (Å²) in [7, 11) is 0. The number of urea groups is 1. The smallest absolute Gasteiger partial charge is 0.320 e. The number of benzene rings is 1. The summed E-state index contributed by atoms with van der Waals surface area (Å²) in [5.41, 5.74) is 2.43. The number of carbonyl (C=O) groups excluding carboxylic acids is 1. The molecule has 2 amide bonds. The number of nitrogens with zero attached hydrogens (tertiary/aromatic N) is 2. The summed E-state index contributed by atoms with van der Waals surface area (Å²) in [6.45, 7) is 9.43. The fourth-order valence-electron chi connectivity index (χ4n) is 2.65. The maximum absolute atomic E-state index is 12.5. The summed E-state index contributed by atoms with van der Waals surface area (Å²) < 4.78 is 5.81. The summed E-state index contributed by atoms with van der Waals surface area (Å²) >= 11 is 0. The van der Waals surface area contributed by atoms with Crippen LogP contribution in [0.2, 0.25) is 0 Å². The van der Waals surface area contributed by atoms with Gasteiger partial charge in [0, 0.05) is 25.5 Å². The van der Waals surface area contributed by atoms with Gasteiger partial charge in [0.15, 0.2) is 6.23 Å². The minimum absolute atomic E-state index is 0.118. The first-order valence-corrected chi connectivity index (χ1v) is 9.20. The van der Waals surface area contributed by atoms with Crippen LogP contribution in [0.15, 0.2) is 48.8 Å². The Balaban J connectivity index is 1.83. The van der Waals surface area contributed by atoms with E-state index in [-0.39, 0.29) is 6.03 Å². The van der Waals surface area contributed by atoms with Gasteiger partial charge in [-0.1, -0.05) is 26.0 Å². The molecule has 0 aliphatic carbocycles. The van der Waals surface area contributed by atoms with Crippen molar-refractivity contribution >= 4 is 6.03 Å². The molecule has 0 aliphatic rings. The predicted octanol–water partition coefficient (Wildman–Crippen LogP) is 4.20. The molecular formula is C21H29N3O2. The van der Waals surface area contributed by atoms with Crippen molar-refractivity contribution in [2.75, 3.05) is 13.1 Å². The van der Waals surface area contributed by atoms with Crippen molar-refractivity contribution in [2.24, 2.45) is 0 Å². The number of nitrogens with one attached hydrogen (secondary N) is 1. The molecule has 140 valence electrons. The summed E-state index contributed by atoms with van der Waals surface area (Å²) in [5.74, 6) is 1.24. The molecule has 0 aliphatic heterocycles. The Morgan fingerprint density at radius 2 is 1.77 bits per heavy atom. The van der Waals surface area contributed by atoms with E-state index in [1.807, 2.05) is 38.1 Å². The molecule has 1 atom stereocenters. The number of aromatic nitrogens is 1. The molecule has 0 saturated heterocycles. The molecule has 1 N–H and O–H groups in total. The van der Waals surface area contributed by atoms with E-state index in [1.54, 1.807) is 17.3 Å². The van der Waals surface area contributed by atoms with Crippen molar-refractivity contribution in [3.8, 4) is 5.75 Å². The Morgan fingerprint density at radius 1 is 1.12 bits per heavy atom. The fourth-order valence-corrected chi connectivity index (χ4v) is 2.65. The molecule has 0 bridgehead atoms. The fraction of sp³-hybridized carbons (Fsp3) is 0.429. The Kier molecular flexibility index (Phi) is 7.45. The van der Waals surface area contributed by atoms with Crippen molar-refractivity contribution < 1.29 is 9.53 Å². The summed E-state index contributed by atoms with van der Waals surface area (Å²) in [6, 6.07) is 11.8. The van der Waals surface area contributed by atoms with Gasteiger partial charge in [-0.25, -0.2) is 4.79 Å². The molecule has 26 heavy (non-hydrogen) atoms. The maximum Gasteiger partial charge on any atom is 0.320 e. The number of pyridine rings is 1. The first kappa shape index (κ1) is 19.8. The summed E-state index contributed by atoms with van der Waals surface area (Å²) in [4.78, 5) is 18.3. The second-order valence-electron chi connectivity index (χ2n) is 6.62. The second-order valence-corrected chi connectivity index (χ2v) is 6.62. The average Bonchev–Trinajstić information content (AvgIpc) is 2.63. The van der Waals surface area contributed by atoms with Crippen molar-refractivity contribution in [2.45, 2.75) is 46.3 Å². The van der Waals surface area contributed by atoms with Gasteiger partial charge < -0.3 is 15.0 Å². The molecule has 0 radical (unpaired) electrons. The summed E-state index contributed by atoms with van der Waals surface area (Å²) in [6.07, 6.45) is 3.94. The Bertz CT molecular complexity index is 671. The number of amides is 2. The van der Waals surface area contributed by atoms with Gasteiger partial charge in [-0.2, -0.15) is 0 Å². The lowest BCUT2D eigenvalue weighted by Crippen LogP contribution is -2.46. The number of likely N-dealkylation sites (N-methyl/N-ethyl adjacent to an activating group) is 1. The van der Waals surface area contributed by atoms with Crippen LogP contribution in [-0.2, 0) is 6.42 Å². The summed E-state index contributed by atoms with van der Waals surface area (Å²) in [5, 5.41) is 2.91. The molecule has 1 unspecified atom stereocenters. The first-order valence-electron chi connectivity index (χ1n) is 9.20. The van der Waals surface area contributed by atoms with Crippen molar-refractivity contribution in [3.05, 3.63) is 59.9 Å². The topological polar surface area (TPSA) is 54.5 Å². The Labute approximate surface area is 156 Å². The van der Waals surface area contributed by atoms with Crippen LogP contribution in [0.5, 0.6) is 5.75 Å². The van der Waals surface area contributed by atoms with Crippen LogP contribution in [0.1, 0.15) is 44.7 Å². The number of rotatable bonds is 8. The van der Waals surface area contributed by atoms with Gasteiger partial charge >= 0.3 is 6.03 Å². The van der Waals surface area contributed by atoms with Crippen molar-refractivity contribution in [1.82, 2.24) is 15.2 Å². The molecule has 1 aromatic heterocycles. The zero-order valence-electron chi connectivity index (χ0n) is 16.1. The third-order valence-electron chi connectivity index (χ3n) is 4.28. The monoisotopic (exact) mass is 355 g/mol. The van der Waals surface area contributed by atoms with Gasteiger partial charge in [0.25, 0.3) is 0 Å². The number of carbonyl (C=O) groups is 1. The highest BCUT2D eigenvalue weighted by atomic mass is 16.5. The van der Waals surface area contributed by atoms with E-state index in [4.69, 9.17) is 4.74 Å². The zero-order valence-corrected chi connectivity index (χ0v) is 16.1. The van der Waals surface area contributed by atoms with E-state index in [2.05, 4.69) is 36.3 Å². The van der Waals surface area contributed by atoms with Crippen molar-refractivity contribution in [3.63, 3.8) is 0 Å². The quantitative estimate of drug-likeness (QED) is 0.722. The number of hydrogen-bond acceptors (Lipinski definition) is 3. The maximum atomic E-state index is 12.5. The largest absolute Gasteiger partial charge is 0.471 e.